The van der Waals surface area contributed by atoms with Gasteiger partial charge in [0.2, 0.25) is 0 Å². The van der Waals surface area contributed by atoms with Crippen molar-refractivity contribution in [3.05, 3.63) is 53.8 Å². The summed E-state index contributed by atoms with van der Waals surface area (Å²) < 4.78 is 0. The summed E-state index contributed by atoms with van der Waals surface area (Å²) in [6.07, 6.45) is 3.07. The Hall–Kier alpha value is -2.66. The average Bonchev–Trinajstić information content (AvgIpc) is 2.67. The van der Waals surface area contributed by atoms with Crippen molar-refractivity contribution in [3.63, 3.8) is 0 Å². The Morgan fingerprint density at radius 3 is 2.73 bits per heavy atom. The number of piperidine rings is 1. The van der Waals surface area contributed by atoms with Gasteiger partial charge in [-0.2, -0.15) is 0 Å². The summed E-state index contributed by atoms with van der Waals surface area (Å²) in [4.78, 5) is 22.4. The number of hydrogen-bond donors (Lipinski definition) is 1. The van der Waals surface area contributed by atoms with Gasteiger partial charge in [-0.05, 0) is 30.5 Å². The molecule has 0 saturated carbocycles. The molecule has 1 saturated heterocycles. The van der Waals surface area contributed by atoms with Crippen molar-refractivity contribution >= 4 is 34.3 Å². The standard InChI is InChI=1S/C20H18ClN3O2/c21-16-8-2-1-6-14(16)15-7-3-9-17-18(15)19(23-12-22-17)24-10-4-5-13(11-24)20(25)26/h1-3,6-9,12-13H,4-5,10-11H2,(H,25,26). The number of fused-ring (bicyclic) bond motifs is 1. The van der Waals surface area contributed by atoms with E-state index >= 15 is 0 Å². The molecule has 1 aliphatic heterocycles. The van der Waals surface area contributed by atoms with E-state index in [0.717, 1.165) is 40.8 Å². The molecule has 0 amide bonds. The summed E-state index contributed by atoms with van der Waals surface area (Å²) in [7, 11) is 0. The number of carboxylic acids is 1. The number of rotatable bonds is 3. The molecule has 5 nitrogen and oxygen atoms in total. The van der Waals surface area contributed by atoms with Crippen LogP contribution in [-0.2, 0) is 4.79 Å². The van der Waals surface area contributed by atoms with Crippen LogP contribution in [0.2, 0.25) is 5.02 Å². The van der Waals surface area contributed by atoms with Crippen molar-refractivity contribution in [2.24, 2.45) is 5.92 Å². The van der Waals surface area contributed by atoms with Gasteiger partial charge in [0.1, 0.15) is 12.1 Å². The van der Waals surface area contributed by atoms with E-state index in [0.29, 0.717) is 18.0 Å². The maximum atomic E-state index is 11.5. The van der Waals surface area contributed by atoms with E-state index in [1.165, 1.54) is 0 Å². The van der Waals surface area contributed by atoms with Crippen LogP contribution in [0, 0.1) is 5.92 Å². The maximum absolute atomic E-state index is 11.5. The molecule has 6 heteroatoms. The van der Waals surface area contributed by atoms with E-state index < -0.39 is 5.97 Å². The van der Waals surface area contributed by atoms with Gasteiger partial charge in [-0.15, -0.1) is 0 Å². The molecule has 1 fully saturated rings. The molecule has 0 bridgehead atoms. The van der Waals surface area contributed by atoms with Crippen LogP contribution in [0.15, 0.2) is 48.8 Å². The summed E-state index contributed by atoms with van der Waals surface area (Å²) in [5.74, 6) is -0.350. The van der Waals surface area contributed by atoms with Crippen molar-refractivity contribution in [1.29, 1.82) is 0 Å². The summed E-state index contributed by atoms with van der Waals surface area (Å²) >= 11 is 6.43. The minimum absolute atomic E-state index is 0.374. The summed E-state index contributed by atoms with van der Waals surface area (Å²) in [6.45, 7) is 1.24. The minimum Gasteiger partial charge on any atom is -0.481 e. The van der Waals surface area contributed by atoms with E-state index in [1.54, 1.807) is 6.33 Å². The van der Waals surface area contributed by atoms with Crippen LogP contribution in [0.5, 0.6) is 0 Å². The number of halogens is 1. The summed E-state index contributed by atoms with van der Waals surface area (Å²) in [5.41, 5.74) is 2.70. The predicted molar refractivity (Wildman–Crippen MR) is 103 cm³/mol. The van der Waals surface area contributed by atoms with Gasteiger partial charge in [0, 0.05) is 23.7 Å². The zero-order valence-electron chi connectivity index (χ0n) is 14.1. The van der Waals surface area contributed by atoms with E-state index in [2.05, 4.69) is 14.9 Å². The van der Waals surface area contributed by atoms with Crippen LogP contribution in [0.4, 0.5) is 5.82 Å². The fourth-order valence-electron chi connectivity index (χ4n) is 3.61. The van der Waals surface area contributed by atoms with Gasteiger partial charge in [0.05, 0.1) is 16.8 Å². The third kappa shape index (κ3) is 2.99. The van der Waals surface area contributed by atoms with Gasteiger partial charge >= 0.3 is 5.97 Å². The lowest BCUT2D eigenvalue weighted by atomic mass is 9.96. The largest absolute Gasteiger partial charge is 0.481 e. The number of anilines is 1. The number of benzene rings is 2. The van der Waals surface area contributed by atoms with Crippen LogP contribution in [0.1, 0.15) is 12.8 Å². The molecule has 1 aliphatic rings. The molecule has 0 radical (unpaired) electrons. The highest BCUT2D eigenvalue weighted by Gasteiger charge is 2.27. The third-order valence-electron chi connectivity index (χ3n) is 4.88. The van der Waals surface area contributed by atoms with Crippen LogP contribution >= 0.6 is 11.6 Å². The van der Waals surface area contributed by atoms with E-state index in [-0.39, 0.29) is 5.92 Å². The van der Waals surface area contributed by atoms with Gasteiger partial charge in [-0.1, -0.05) is 41.9 Å². The second kappa shape index (κ2) is 6.92. The van der Waals surface area contributed by atoms with Crippen molar-refractivity contribution in [1.82, 2.24) is 9.97 Å². The highest BCUT2D eigenvalue weighted by atomic mass is 35.5. The quantitative estimate of drug-likeness (QED) is 0.749. The minimum atomic E-state index is -0.751. The molecular weight excluding hydrogens is 350 g/mol. The molecule has 0 spiro atoms. The van der Waals surface area contributed by atoms with Crippen molar-refractivity contribution < 1.29 is 9.90 Å². The first kappa shape index (κ1) is 16.8. The molecule has 132 valence electrons. The van der Waals surface area contributed by atoms with Crippen molar-refractivity contribution in [2.45, 2.75) is 12.8 Å². The number of aromatic nitrogens is 2. The Labute approximate surface area is 156 Å². The summed E-state index contributed by atoms with van der Waals surface area (Å²) in [6, 6.07) is 13.6. The van der Waals surface area contributed by atoms with Crippen LogP contribution in [0.25, 0.3) is 22.0 Å². The molecule has 1 N–H and O–H groups in total. The Kier molecular flexibility index (Phi) is 4.47. The van der Waals surface area contributed by atoms with E-state index in [4.69, 9.17) is 11.6 Å². The van der Waals surface area contributed by atoms with Crippen molar-refractivity contribution in [2.75, 3.05) is 18.0 Å². The first-order chi connectivity index (χ1) is 12.6. The zero-order valence-corrected chi connectivity index (χ0v) is 14.9. The molecule has 3 aromatic rings. The molecular formula is C20H18ClN3O2. The molecule has 2 heterocycles. The van der Waals surface area contributed by atoms with Crippen LogP contribution < -0.4 is 4.90 Å². The molecule has 1 atom stereocenters. The molecule has 1 unspecified atom stereocenters. The Morgan fingerprint density at radius 1 is 1.12 bits per heavy atom. The first-order valence-corrected chi connectivity index (χ1v) is 8.99. The molecule has 0 aliphatic carbocycles. The SMILES string of the molecule is O=C(O)C1CCCN(c2ncnc3cccc(-c4ccccc4Cl)c23)C1. The highest BCUT2D eigenvalue weighted by molar-refractivity contribution is 6.33. The number of carbonyl (C=O) groups is 1. The zero-order chi connectivity index (χ0) is 18.1. The monoisotopic (exact) mass is 367 g/mol. The second-order valence-corrected chi connectivity index (χ2v) is 6.91. The third-order valence-corrected chi connectivity index (χ3v) is 5.21. The van der Waals surface area contributed by atoms with Gasteiger partial charge in [0.25, 0.3) is 0 Å². The average molecular weight is 368 g/mol. The summed E-state index contributed by atoms with van der Waals surface area (Å²) in [5, 5.41) is 11.0. The van der Waals surface area contributed by atoms with E-state index in [1.807, 2.05) is 42.5 Å². The predicted octanol–water partition coefficient (Wildman–Crippen LogP) is 4.25. The van der Waals surface area contributed by atoms with Gasteiger partial charge in [0.15, 0.2) is 0 Å². The molecule has 26 heavy (non-hydrogen) atoms. The maximum Gasteiger partial charge on any atom is 0.308 e. The molecule has 2 aromatic carbocycles. The second-order valence-electron chi connectivity index (χ2n) is 6.50. The van der Waals surface area contributed by atoms with Crippen LogP contribution in [0.3, 0.4) is 0 Å². The normalized spacial score (nSPS) is 17.4. The fraction of sp³-hybridized carbons (Fsp3) is 0.250. The number of nitrogens with zero attached hydrogens (tertiary/aromatic N) is 3. The number of aliphatic carboxylic acids is 1. The lowest BCUT2D eigenvalue weighted by Crippen LogP contribution is -2.39. The van der Waals surface area contributed by atoms with Gasteiger partial charge in [-0.3, -0.25) is 4.79 Å². The fourth-order valence-corrected chi connectivity index (χ4v) is 3.85. The molecule has 4 rings (SSSR count). The van der Waals surface area contributed by atoms with Crippen molar-refractivity contribution in [3.8, 4) is 11.1 Å². The van der Waals surface area contributed by atoms with E-state index in [9.17, 15) is 9.90 Å². The first-order valence-electron chi connectivity index (χ1n) is 8.61. The Balaban J connectivity index is 1.88. The Bertz CT molecular complexity index is 971. The molecule has 1 aromatic heterocycles. The topological polar surface area (TPSA) is 66.3 Å². The lowest BCUT2D eigenvalue weighted by molar-refractivity contribution is -0.141. The Morgan fingerprint density at radius 2 is 1.92 bits per heavy atom. The van der Waals surface area contributed by atoms with Gasteiger partial charge < -0.3 is 10.0 Å². The van der Waals surface area contributed by atoms with Gasteiger partial charge in [-0.25, -0.2) is 9.97 Å². The number of carboxylic acid groups (broad SMARTS) is 1. The lowest BCUT2D eigenvalue weighted by Gasteiger charge is -2.32. The van der Waals surface area contributed by atoms with Crippen LogP contribution in [-0.4, -0.2) is 34.1 Å². The smallest absolute Gasteiger partial charge is 0.308 e. The number of hydrogen-bond acceptors (Lipinski definition) is 4. The highest BCUT2D eigenvalue weighted by Crippen LogP contribution is 2.37.